The van der Waals surface area contributed by atoms with E-state index in [0.29, 0.717) is 17.9 Å². The number of hydrogen-bond donors (Lipinski definition) is 0. The van der Waals surface area contributed by atoms with E-state index in [9.17, 15) is 9.59 Å². The van der Waals surface area contributed by atoms with Crippen LogP contribution >= 0.6 is 0 Å². The molecular weight excluding hydrogens is 244 g/mol. The van der Waals surface area contributed by atoms with E-state index in [-0.39, 0.29) is 6.61 Å². The van der Waals surface area contributed by atoms with Crippen LogP contribution in [0, 0.1) is 0 Å². The molecule has 0 aliphatic rings. The number of carbonyl (C=O) groups is 2. The number of hydrogen-bond acceptors (Lipinski definition) is 4. The number of benzene rings is 2. The van der Waals surface area contributed by atoms with E-state index in [4.69, 9.17) is 9.47 Å². The molecule has 0 aliphatic carbocycles. The van der Waals surface area contributed by atoms with Gasteiger partial charge < -0.3 is 9.47 Å². The molecule has 0 saturated heterocycles. The molecule has 0 amide bonds. The van der Waals surface area contributed by atoms with Gasteiger partial charge in [0, 0.05) is 5.56 Å². The summed E-state index contributed by atoms with van der Waals surface area (Å²) in [5.74, 6) is 0.174. The van der Waals surface area contributed by atoms with Crippen LogP contribution in [-0.2, 0) is 9.53 Å². The molecule has 0 spiro atoms. The second-order valence-corrected chi connectivity index (χ2v) is 3.94. The normalized spacial score (nSPS) is 10.2. The molecule has 0 unspecified atom stereocenters. The van der Waals surface area contributed by atoms with Gasteiger partial charge in [0.15, 0.2) is 12.9 Å². The van der Waals surface area contributed by atoms with Crippen LogP contribution < -0.4 is 4.74 Å². The van der Waals surface area contributed by atoms with Gasteiger partial charge in [-0.2, -0.15) is 0 Å². The lowest BCUT2D eigenvalue weighted by atomic mass is 10.1. The fourth-order valence-electron chi connectivity index (χ4n) is 1.82. The molecule has 19 heavy (non-hydrogen) atoms. The summed E-state index contributed by atoms with van der Waals surface area (Å²) in [6, 6.07) is 10.8. The molecule has 4 nitrogen and oxygen atoms in total. The SMILES string of the molecule is CCOC(=O)COc1ccc2c(C=O)cccc2c1. The molecule has 2 aromatic rings. The lowest BCUT2D eigenvalue weighted by Crippen LogP contribution is -2.14. The van der Waals surface area contributed by atoms with Crippen LogP contribution in [0.4, 0.5) is 0 Å². The molecule has 0 aromatic heterocycles. The van der Waals surface area contributed by atoms with Crippen LogP contribution in [0.3, 0.4) is 0 Å². The van der Waals surface area contributed by atoms with Gasteiger partial charge in [-0.25, -0.2) is 4.79 Å². The van der Waals surface area contributed by atoms with Crippen LogP contribution in [-0.4, -0.2) is 25.5 Å². The zero-order valence-electron chi connectivity index (χ0n) is 10.6. The first-order chi connectivity index (χ1) is 9.24. The maximum atomic E-state index is 11.2. The van der Waals surface area contributed by atoms with Crippen molar-refractivity contribution < 1.29 is 19.1 Å². The summed E-state index contributed by atoms with van der Waals surface area (Å²) in [7, 11) is 0. The van der Waals surface area contributed by atoms with Crippen molar-refractivity contribution in [2.24, 2.45) is 0 Å². The van der Waals surface area contributed by atoms with Crippen molar-refractivity contribution in [2.75, 3.05) is 13.2 Å². The maximum absolute atomic E-state index is 11.2. The van der Waals surface area contributed by atoms with Gasteiger partial charge >= 0.3 is 5.97 Å². The Hall–Kier alpha value is -2.36. The zero-order valence-corrected chi connectivity index (χ0v) is 10.6. The number of carbonyl (C=O) groups excluding carboxylic acids is 2. The van der Waals surface area contributed by atoms with E-state index in [1.54, 1.807) is 37.3 Å². The molecule has 98 valence electrons. The van der Waals surface area contributed by atoms with E-state index >= 15 is 0 Å². The minimum absolute atomic E-state index is 0.118. The lowest BCUT2D eigenvalue weighted by Gasteiger charge is -2.07. The summed E-state index contributed by atoms with van der Waals surface area (Å²) in [6.07, 6.45) is 0.821. The molecular formula is C15H14O4. The molecule has 0 radical (unpaired) electrons. The van der Waals surface area contributed by atoms with Gasteiger partial charge in [-0.3, -0.25) is 4.79 Å². The molecule has 2 rings (SSSR count). The van der Waals surface area contributed by atoms with Crippen molar-refractivity contribution in [2.45, 2.75) is 6.92 Å². The monoisotopic (exact) mass is 258 g/mol. The van der Waals surface area contributed by atoms with Crippen LogP contribution in [0.15, 0.2) is 36.4 Å². The molecule has 4 heteroatoms. The van der Waals surface area contributed by atoms with Gasteiger partial charge in [-0.15, -0.1) is 0 Å². The predicted octanol–water partition coefficient (Wildman–Crippen LogP) is 2.59. The second-order valence-electron chi connectivity index (χ2n) is 3.94. The van der Waals surface area contributed by atoms with Gasteiger partial charge in [0.1, 0.15) is 5.75 Å². The number of fused-ring (bicyclic) bond motifs is 1. The number of aldehydes is 1. The first kappa shape index (κ1) is 13.1. The van der Waals surface area contributed by atoms with Gasteiger partial charge in [-0.05, 0) is 35.9 Å². The van der Waals surface area contributed by atoms with Crippen molar-refractivity contribution in [3.05, 3.63) is 42.0 Å². The summed E-state index contributed by atoms with van der Waals surface area (Å²) >= 11 is 0. The topological polar surface area (TPSA) is 52.6 Å². The lowest BCUT2D eigenvalue weighted by molar-refractivity contribution is -0.145. The highest BCUT2D eigenvalue weighted by Gasteiger charge is 2.05. The maximum Gasteiger partial charge on any atom is 0.344 e. The van der Waals surface area contributed by atoms with Gasteiger partial charge in [0.05, 0.1) is 6.61 Å². The highest BCUT2D eigenvalue weighted by Crippen LogP contribution is 2.23. The molecule has 0 saturated carbocycles. The first-order valence-electron chi connectivity index (χ1n) is 6.01. The largest absolute Gasteiger partial charge is 0.482 e. The Morgan fingerprint density at radius 2 is 2.11 bits per heavy atom. The van der Waals surface area contributed by atoms with Gasteiger partial charge in [0.2, 0.25) is 0 Å². The van der Waals surface area contributed by atoms with Crippen LogP contribution in [0.1, 0.15) is 17.3 Å². The first-order valence-corrected chi connectivity index (χ1v) is 6.01. The number of rotatable bonds is 5. The van der Waals surface area contributed by atoms with Crippen molar-refractivity contribution in [1.29, 1.82) is 0 Å². The Morgan fingerprint density at radius 1 is 1.26 bits per heavy atom. The fourth-order valence-corrected chi connectivity index (χ4v) is 1.82. The van der Waals surface area contributed by atoms with E-state index < -0.39 is 5.97 Å². The highest BCUT2D eigenvalue weighted by molar-refractivity contribution is 5.98. The van der Waals surface area contributed by atoms with E-state index in [2.05, 4.69) is 0 Å². The van der Waals surface area contributed by atoms with Crippen molar-refractivity contribution in [3.63, 3.8) is 0 Å². The molecule has 0 heterocycles. The molecule has 2 aromatic carbocycles. The summed E-state index contributed by atoms with van der Waals surface area (Å²) in [6.45, 7) is 1.96. The average Bonchev–Trinajstić information content (AvgIpc) is 2.44. The number of ether oxygens (including phenoxy) is 2. The summed E-state index contributed by atoms with van der Waals surface area (Å²) < 4.78 is 10.1. The Bertz CT molecular complexity index is 604. The summed E-state index contributed by atoms with van der Waals surface area (Å²) in [5, 5.41) is 1.76. The third-order valence-electron chi connectivity index (χ3n) is 2.67. The Morgan fingerprint density at radius 3 is 2.84 bits per heavy atom. The molecule has 0 aliphatic heterocycles. The molecule has 0 bridgehead atoms. The minimum Gasteiger partial charge on any atom is -0.482 e. The Balaban J connectivity index is 2.18. The summed E-state index contributed by atoms with van der Waals surface area (Å²) in [4.78, 5) is 22.1. The van der Waals surface area contributed by atoms with Crippen LogP contribution in [0.2, 0.25) is 0 Å². The highest BCUT2D eigenvalue weighted by atomic mass is 16.6. The Kier molecular flexibility index (Phi) is 4.13. The average molecular weight is 258 g/mol. The quantitative estimate of drug-likeness (QED) is 0.611. The Labute approximate surface area is 110 Å². The number of esters is 1. The zero-order chi connectivity index (χ0) is 13.7. The van der Waals surface area contributed by atoms with Crippen LogP contribution in [0.5, 0.6) is 5.75 Å². The fraction of sp³-hybridized carbons (Fsp3) is 0.200. The van der Waals surface area contributed by atoms with Crippen molar-refractivity contribution in [3.8, 4) is 5.75 Å². The third-order valence-corrected chi connectivity index (χ3v) is 2.67. The molecule has 0 fully saturated rings. The standard InChI is InChI=1S/C15H14O4/c1-2-18-15(17)10-19-13-6-7-14-11(8-13)4-3-5-12(14)9-16/h3-9H,2,10H2,1H3. The van der Waals surface area contributed by atoms with Gasteiger partial charge in [0.25, 0.3) is 0 Å². The smallest absolute Gasteiger partial charge is 0.344 e. The molecule has 0 atom stereocenters. The van der Waals surface area contributed by atoms with Gasteiger partial charge in [-0.1, -0.05) is 18.2 Å². The molecule has 0 N–H and O–H groups in total. The van der Waals surface area contributed by atoms with Crippen molar-refractivity contribution >= 4 is 23.0 Å². The van der Waals surface area contributed by atoms with E-state index in [1.165, 1.54) is 0 Å². The van der Waals surface area contributed by atoms with E-state index in [1.807, 2.05) is 6.07 Å². The van der Waals surface area contributed by atoms with E-state index in [0.717, 1.165) is 17.1 Å². The third kappa shape index (κ3) is 3.10. The van der Waals surface area contributed by atoms with Crippen LogP contribution in [0.25, 0.3) is 10.8 Å². The summed E-state index contributed by atoms with van der Waals surface area (Å²) in [5.41, 5.74) is 0.634. The second kappa shape index (κ2) is 6.00. The van der Waals surface area contributed by atoms with Crippen molar-refractivity contribution in [1.82, 2.24) is 0 Å². The predicted molar refractivity (Wildman–Crippen MR) is 71.5 cm³/mol. The minimum atomic E-state index is -0.399.